The zero-order valence-electron chi connectivity index (χ0n) is 19.7. The van der Waals surface area contributed by atoms with Crippen LogP contribution in [0.3, 0.4) is 0 Å². The fraction of sp³-hybridized carbons (Fsp3) is 0.650. The van der Waals surface area contributed by atoms with Crippen molar-refractivity contribution in [2.45, 2.75) is 69.1 Å². The largest absolute Gasteiger partial charge is 0.481 e. The molecule has 36 heavy (non-hydrogen) atoms. The van der Waals surface area contributed by atoms with Crippen molar-refractivity contribution in [3.63, 3.8) is 0 Å². The maximum Gasteiger partial charge on any atom is 0.326 e. The summed E-state index contributed by atoms with van der Waals surface area (Å²) in [4.78, 5) is 75.7. The number of aliphatic carboxylic acids is 2. The number of nitrogens with one attached hydrogen (secondary N) is 4. The van der Waals surface area contributed by atoms with Crippen molar-refractivity contribution >= 4 is 41.5 Å². The van der Waals surface area contributed by atoms with E-state index < -0.39 is 79.0 Å². The van der Waals surface area contributed by atoms with Gasteiger partial charge in [0.25, 0.3) is 0 Å². The molecule has 1 aliphatic heterocycles. The highest BCUT2D eigenvalue weighted by molar-refractivity contribution is 5.96. The van der Waals surface area contributed by atoms with E-state index in [1.54, 1.807) is 0 Å². The van der Waals surface area contributed by atoms with E-state index in [1.165, 1.54) is 0 Å². The number of primary amides is 1. The van der Waals surface area contributed by atoms with Crippen molar-refractivity contribution in [2.75, 3.05) is 13.1 Å². The third-order valence-corrected chi connectivity index (χ3v) is 5.25. The first-order valence-electron chi connectivity index (χ1n) is 11.3. The normalized spacial score (nSPS) is 17.2. The third-order valence-electron chi connectivity index (χ3n) is 5.25. The minimum Gasteiger partial charge on any atom is -0.481 e. The Morgan fingerprint density at radius 3 is 2.08 bits per heavy atom. The van der Waals surface area contributed by atoms with Crippen molar-refractivity contribution in [2.24, 2.45) is 22.2 Å². The number of guanidine groups is 1. The van der Waals surface area contributed by atoms with Gasteiger partial charge < -0.3 is 48.7 Å². The molecule has 0 aromatic heterocycles. The molecule has 0 bridgehead atoms. The van der Waals surface area contributed by atoms with Crippen molar-refractivity contribution < 1.29 is 39.0 Å². The quantitative estimate of drug-likeness (QED) is 0.0544. The minimum absolute atomic E-state index is 0.0857. The summed E-state index contributed by atoms with van der Waals surface area (Å²) >= 11 is 0. The Hall–Kier alpha value is -3.95. The van der Waals surface area contributed by atoms with Crippen LogP contribution in [0.4, 0.5) is 0 Å². The van der Waals surface area contributed by atoms with Gasteiger partial charge in [-0.1, -0.05) is 0 Å². The van der Waals surface area contributed by atoms with E-state index in [2.05, 4.69) is 26.3 Å². The highest BCUT2D eigenvalue weighted by atomic mass is 16.4. The molecular weight excluding hydrogens is 480 g/mol. The van der Waals surface area contributed by atoms with E-state index in [0.717, 1.165) is 6.42 Å². The zero-order chi connectivity index (χ0) is 27.3. The summed E-state index contributed by atoms with van der Waals surface area (Å²) in [6, 6.07) is -4.76. The van der Waals surface area contributed by atoms with Crippen molar-refractivity contribution in [3.8, 4) is 0 Å². The van der Waals surface area contributed by atoms with Gasteiger partial charge in [-0.3, -0.25) is 29.0 Å². The van der Waals surface area contributed by atoms with Gasteiger partial charge in [-0.05, 0) is 38.6 Å². The Bertz CT molecular complexity index is 855. The summed E-state index contributed by atoms with van der Waals surface area (Å²) in [5.74, 6) is -6.17. The van der Waals surface area contributed by atoms with Crippen molar-refractivity contribution in [1.29, 1.82) is 0 Å². The van der Waals surface area contributed by atoms with Crippen LogP contribution in [0, 0.1) is 0 Å². The van der Waals surface area contributed by atoms with E-state index in [4.69, 9.17) is 22.3 Å². The number of nitrogens with two attached hydrogens (primary N) is 3. The lowest BCUT2D eigenvalue weighted by atomic mass is 10.1. The van der Waals surface area contributed by atoms with E-state index in [0.29, 0.717) is 13.0 Å². The van der Waals surface area contributed by atoms with Gasteiger partial charge in [-0.2, -0.15) is 0 Å². The first-order chi connectivity index (χ1) is 16.9. The van der Waals surface area contributed by atoms with Crippen LogP contribution in [0.15, 0.2) is 4.99 Å². The summed E-state index contributed by atoms with van der Waals surface area (Å²) in [6.45, 7) is 0.811. The molecule has 4 amide bonds. The average molecular weight is 515 g/mol. The van der Waals surface area contributed by atoms with E-state index in [9.17, 15) is 33.9 Å². The Balaban J connectivity index is 2.96. The molecule has 0 radical (unpaired) electrons. The molecule has 12 N–H and O–H groups in total. The molecule has 0 aromatic rings. The second kappa shape index (κ2) is 15.1. The highest BCUT2D eigenvalue weighted by Gasteiger charge is 2.32. The van der Waals surface area contributed by atoms with Crippen LogP contribution in [-0.2, 0) is 28.8 Å². The van der Waals surface area contributed by atoms with Crippen LogP contribution in [-0.4, -0.2) is 89.0 Å². The SMILES string of the molecule is NC(=O)CC(NC(=O)C(CCCN=C(N)N)NC(=O)C1CCCN1)C(=O)NC(CCC(=O)O)C(=O)O. The number of carboxylic acids is 2. The predicted molar refractivity (Wildman–Crippen MR) is 125 cm³/mol. The van der Waals surface area contributed by atoms with Gasteiger partial charge in [-0.25, -0.2) is 4.79 Å². The molecule has 1 fully saturated rings. The van der Waals surface area contributed by atoms with Crippen molar-refractivity contribution in [1.82, 2.24) is 21.3 Å². The summed E-state index contributed by atoms with van der Waals surface area (Å²) < 4.78 is 0. The number of aliphatic imine (C=N–C) groups is 1. The Labute approximate surface area is 206 Å². The van der Waals surface area contributed by atoms with Gasteiger partial charge in [0, 0.05) is 13.0 Å². The summed E-state index contributed by atoms with van der Waals surface area (Å²) in [6.07, 6.45) is 0.108. The van der Waals surface area contributed by atoms with Crippen LogP contribution < -0.4 is 38.5 Å². The molecule has 202 valence electrons. The van der Waals surface area contributed by atoms with Gasteiger partial charge >= 0.3 is 11.9 Å². The van der Waals surface area contributed by atoms with Gasteiger partial charge in [-0.15, -0.1) is 0 Å². The van der Waals surface area contributed by atoms with Crippen LogP contribution in [0.2, 0.25) is 0 Å². The Kier molecular flexibility index (Phi) is 12.6. The number of rotatable bonds is 16. The fourth-order valence-electron chi connectivity index (χ4n) is 3.43. The number of nitrogens with zero attached hydrogens (tertiary/aromatic N) is 1. The number of hydrogen-bond donors (Lipinski definition) is 9. The fourth-order valence-corrected chi connectivity index (χ4v) is 3.43. The number of hydrogen-bond acceptors (Lipinski definition) is 8. The number of carboxylic acid groups (broad SMARTS) is 2. The smallest absolute Gasteiger partial charge is 0.326 e. The lowest BCUT2D eigenvalue weighted by molar-refractivity contribution is -0.143. The Morgan fingerprint density at radius 1 is 0.917 bits per heavy atom. The molecule has 1 rings (SSSR count). The molecule has 0 saturated carbocycles. The first kappa shape index (κ1) is 30.1. The van der Waals surface area contributed by atoms with Crippen LogP contribution in [0.25, 0.3) is 0 Å². The summed E-state index contributed by atoms with van der Waals surface area (Å²) in [5.41, 5.74) is 15.8. The lowest BCUT2D eigenvalue weighted by Gasteiger charge is -2.24. The van der Waals surface area contributed by atoms with Gasteiger partial charge in [0.05, 0.1) is 12.5 Å². The first-order valence-corrected chi connectivity index (χ1v) is 11.3. The van der Waals surface area contributed by atoms with Gasteiger partial charge in [0.15, 0.2) is 5.96 Å². The molecule has 1 saturated heterocycles. The molecule has 16 nitrogen and oxygen atoms in total. The second-order valence-electron chi connectivity index (χ2n) is 8.22. The molecular formula is C20H34N8O8. The lowest BCUT2D eigenvalue weighted by Crippen LogP contribution is -2.57. The molecule has 0 spiro atoms. The molecule has 4 unspecified atom stereocenters. The average Bonchev–Trinajstić information content (AvgIpc) is 3.32. The monoisotopic (exact) mass is 514 g/mol. The molecule has 1 aliphatic rings. The highest BCUT2D eigenvalue weighted by Crippen LogP contribution is 2.08. The van der Waals surface area contributed by atoms with E-state index >= 15 is 0 Å². The zero-order valence-corrected chi connectivity index (χ0v) is 19.7. The maximum atomic E-state index is 13.0. The van der Waals surface area contributed by atoms with Gasteiger partial charge in [0.1, 0.15) is 18.1 Å². The van der Waals surface area contributed by atoms with E-state index in [1.807, 2.05) is 0 Å². The predicted octanol–water partition coefficient (Wildman–Crippen LogP) is -3.93. The van der Waals surface area contributed by atoms with E-state index in [-0.39, 0.29) is 25.3 Å². The van der Waals surface area contributed by atoms with Crippen molar-refractivity contribution in [3.05, 3.63) is 0 Å². The standard InChI is InChI=1S/C20H34N8O8/c21-14(29)9-13(18(34)27-12(19(35)36)5-6-15(30)31)28-17(33)11(4-2-8-25-20(22)23)26-16(32)10-3-1-7-24-10/h10-13,24H,1-9H2,(H2,21,29)(H,26,32)(H,27,34)(H,28,33)(H,30,31)(H,35,36)(H4,22,23,25). The molecule has 4 atom stereocenters. The molecule has 0 aromatic carbocycles. The van der Waals surface area contributed by atoms with Crippen LogP contribution in [0.1, 0.15) is 44.9 Å². The van der Waals surface area contributed by atoms with Crippen LogP contribution in [0.5, 0.6) is 0 Å². The Morgan fingerprint density at radius 2 is 1.56 bits per heavy atom. The number of amides is 4. The number of carbonyl (C=O) groups excluding carboxylic acids is 4. The summed E-state index contributed by atoms with van der Waals surface area (Å²) in [7, 11) is 0. The maximum absolute atomic E-state index is 13.0. The minimum atomic E-state index is -1.58. The molecule has 1 heterocycles. The third kappa shape index (κ3) is 11.5. The van der Waals surface area contributed by atoms with Gasteiger partial charge in [0.2, 0.25) is 23.6 Å². The molecule has 0 aliphatic carbocycles. The number of carbonyl (C=O) groups is 6. The topological polar surface area (TPSA) is 281 Å². The molecule has 16 heteroatoms. The van der Waals surface area contributed by atoms with Crippen LogP contribution >= 0.6 is 0 Å². The second-order valence-corrected chi connectivity index (χ2v) is 8.22. The summed E-state index contributed by atoms with van der Waals surface area (Å²) in [5, 5.41) is 28.1.